The molecule has 1 fully saturated rings. The molecule has 1 aromatic heterocycles. The van der Waals surface area contributed by atoms with Gasteiger partial charge in [-0.3, -0.25) is 0 Å². The average Bonchev–Trinajstić information content (AvgIpc) is 2.90. The summed E-state index contributed by atoms with van der Waals surface area (Å²) >= 11 is 2.26. The van der Waals surface area contributed by atoms with Gasteiger partial charge in [0.05, 0.1) is 15.3 Å². The quantitative estimate of drug-likeness (QED) is 0.873. The Balaban J connectivity index is 2.17. The van der Waals surface area contributed by atoms with Crippen LogP contribution in [0.5, 0.6) is 0 Å². The van der Waals surface area contributed by atoms with Crippen molar-refractivity contribution in [2.45, 2.75) is 39.2 Å². The van der Waals surface area contributed by atoms with Gasteiger partial charge in [-0.1, -0.05) is 12.8 Å². The van der Waals surface area contributed by atoms with E-state index in [-0.39, 0.29) is 0 Å². The molecule has 0 spiro atoms. The van der Waals surface area contributed by atoms with E-state index in [0.29, 0.717) is 6.04 Å². The lowest BCUT2D eigenvalue weighted by molar-refractivity contribution is 0.440. The van der Waals surface area contributed by atoms with Crippen molar-refractivity contribution in [3.05, 3.63) is 9.26 Å². The van der Waals surface area contributed by atoms with Crippen molar-refractivity contribution >= 4 is 28.4 Å². The molecule has 0 aliphatic heterocycles. The molecule has 0 bridgehead atoms. The molecule has 2 rings (SSSR count). The molecule has 14 heavy (non-hydrogen) atoms. The van der Waals surface area contributed by atoms with Crippen LogP contribution in [0.1, 0.15) is 37.9 Å². The second-order valence-corrected chi connectivity index (χ2v) is 5.34. The lowest BCUT2D eigenvalue weighted by atomic mass is 10.2. The summed E-state index contributed by atoms with van der Waals surface area (Å²) in [6.45, 7) is 4.22. The zero-order chi connectivity index (χ0) is 10.3. The summed E-state index contributed by atoms with van der Waals surface area (Å²) in [7, 11) is 0. The van der Waals surface area contributed by atoms with Crippen molar-refractivity contribution in [2.24, 2.45) is 5.92 Å². The van der Waals surface area contributed by atoms with Crippen LogP contribution in [0.3, 0.4) is 0 Å². The number of nitrogens with zero attached hydrogens (tertiary/aromatic N) is 2. The Hall–Kier alpha value is -0.260. The van der Waals surface area contributed by atoms with Crippen molar-refractivity contribution in [3.8, 4) is 0 Å². The summed E-state index contributed by atoms with van der Waals surface area (Å²) in [6, 6.07) is 0.449. The number of nitrogen functional groups attached to an aromatic ring is 1. The van der Waals surface area contributed by atoms with Crippen molar-refractivity contribution in [3.63, 3.8) is 0 Å². The number of halogens is 1. The van der Waals surface area contributed by atoms with Crippen molar-refractivity contribution < 1.29 is 0 Å². The van der Waals surface area contributed by atoms with Crippen LogP contribution in [0.4, 0.5) is 5.82 Å². The van der Waals surface area contributed by atoms with Crippen LogP contribution < -0.4 is 5.73 Å². The Morgan fingerprint density at radius 1 is 1.64 bits per heavy atom. The largest absolute Gasteiger partial charge is 0.383 e. The van der Waals surface area contributed by atoms with Gasteiger partial charge in [0.25, 0.3) is 0 Å². The maximum Gasteiger partial charge on any atom is 0.135 e. The second-order valence-electron chi connectivity index (χ2n) is 4.26. The van der Waals surface area contributed by atoms with E-state index in [9.17, 15) is 0 Å². The average molecular weight is 305 g/mol. The fourth-order valence-electron chi connectivity index (χ4n) is 1.82. The topological polar surface area (TPSA) is 43.8 Å². The highest BCUT2D eigenvalue weighted by Gasteiger charge is 2.25. The second kappa shape index (κ2) is 3.72. The van der Waals surface area contributed by atoms with E-state index < -0.39 is 0 Å². The Morgan fingerprint density at radius 3 is 2.71 bits per heavy atom. The van der Waals surface area contributed by atoms with Gasteiger partial charge in [0, 0.05) is 0 Å². The Bertz CT molecular complexity index is 341. The molecule has 0 radical (unpaired) electrons. The molecule has 1 atom stereocenters. The zero-order valence-electron chi connectivity index (χ0n) is 8.63. The third-order valence-corrected chi connectivity index (χ3v) is 4.17. The minimum Gasteiger partial charge on any atom is -0.383 e. The molecule has 1 aliphatic carbocycles. The highest BCUT2D eigenvalue weighted by atomic mass is 127. The van der Waals surface area contributed by atoms with E-state index >= 15 is 0 Å². The molecule has 78 valence electrons. The molecule has 1 aliphatic rings. The summed E-state index contributed by atoms with van der Waals surface area (Å²) in [5, 5.41) is 4.47. The predicted octanol–water partition coefficient (Wildman–Crippen LogP) is 2.74. The maximum absolute atomic E-state index is 5.99. The molecule has 1 aromatic rings. The fraction of sp³-hybridized carbons (Fsp3) is 0.700. The molecule has 0 amide bonds. The van der Waals surface area contributed by atoms with E-state index in [0.717, 1.165) is 21.0 Å². The first kappa shape index (κ1) is 10.3. The summed E-state index contributed by atoms with van der Waals surface area (Å²) < 4.78 is 3.08. The van der Waals surface area contributed by atoms with Gasteiger partial charge in [0.2, 0.25) is 0 Å². The monoisotopic (exact) mass is 305 g/mol. The molecular weight excluding hydrogens is 289 g/mol. The first-order valence-electron chi connectivity index (χ1n) is 5.09. The third-order valence-electron chi connectivity index (χ3n) is 2.84. The third kappa shape index (κ3) is 1.89. The van der Waals surface area contributed by atoms with Gasteiger partial charge in [-0.25, -0.2) is 4.68 Å². The molecule has 4 heteroatoms. The number of aromatic nitrogens is 2. The predicted molar refractivity (Wildman–Crippen MR) is 66.1 cm³/mol. The first-order chi connectivity index (χ1) is 6.59. The summed E-state index contributed by atoms with van der Waals surface area (Å²) in [4.78, 5) is 0. The number of nitrogens with two attached hydrogens (primary N) is 1. The summed E-state index contributed by atoms with van der Waals surface area (Å²) in [5.74, 6) is 1.75. The molecule has 2 N–H and O–H groups in total. The van der Waals surface area contributed by atoms with E-state index in [1.54, 1.807) is 0 Å². The molecular formula is C10H16IN3. The van der Waals surface area contributed by atoms with Crippen molar-refractivity contribution in [1.82, 2.24) is 9.78 Å². The van der Waals surface area contributed by atoms with E-state index in [1.807, 2.05) is 11.6 Å². The van der Waals surface area contributed by atoms with E-state index in [1.165, 1.54) is 19.3 Å². The van der Waals surface area contributed by atoms with Crippen LogP contribution >= 0.6 is 22.6 Å². The van der Waals surface area contributed by atoms with Gasteiger partial charge < -0.3 is 5.73 Å². The Morgan fingerprint density at radius 2 is 2.29 bits per heavy atom. The van der Waals surface area contributed by atoms with Crippen LogP contribution in [-0.4, -0.2) is 9.78 Å². The number of hydrogen-bond acceptors (Lipinski definition) is 2. The van der Waals surface area contributed by atoms with Crippen molar-refractivity contribution in [2.75, 3.05) is 5.73 Å². The molecule has 0 aromatic carbocycles. The van der Waals surface area contributed by atoms with Crippen LogP contribution in [-0.2, 0) is 0 Å². The fourth-order valence-corrected chi connectivity index (χ4v) is 2.17. The van der Waals surface area contributed by atoms with Gasteiger partial charge in [0.15, 0.2) is 0 Å². The van der Waals surface area contributed by atoms with Gasteiger partial charge in [0.1, 0.15) is 5.82 Å². The molecule has 1 heterocycles. The SMILES string of the molecule is Cc1nn(C(C)CC2CC2)c(N)c1I. The highest BCUT2D eigenvalue weighted by molar-refractivity contribution is 14.1. The summed E-state index contributed by atoms with van der Waals surface area (Å²) in [5.41, 5.74) is 7.04. The van der Waals surface area contributed by atoms with Crippen molar-refractivity contribution in [1.29, 1.82) is 0 Å². The van der Waals surface area contributed by atoms with Gasteiger partial charge in [-0.2, -0.15) is 5.10 Å². The lowest BCUT2D eigenvalue weighted by Gasteiger charge is -2.13. The molecule has 1 unspecified atom stereocenters. The van der Waals surface area contributed by atoms with E-state index in [2.05, 4.69) is 34.6 Å². The summed E-state index contributed by atoms with van der Waals surface area (Å²) in [6.07, 6.45) is 4.00. The van der Waals surface area contributed by atoms with Gasteiger partial charge >= 0.3 is 0 Å². The van der Waals surface area contributed by atoms with Crippen LogP contribution in [0.2, 0.25) is 0 Å². The Labute approximate surface area is 98.2 Å². The van der Waals surface area contributed by atoms with Crippen LogP contribution in [0, 0.1) is 16.4 Å². The minimum absolute atomic E-state index is 0.449. The van der Waals surface area contributed by atoms with E-state index in [4.69, 9.17) is 5.73 Å². The molecule has 0 saturated heterocycles. The smallest absolute Gasteiger partial charge is 0.135 e. The normalized spacial score (nSPS) is 18.5. The zero-order valence-corrected chi connectivity index (χ0v) is 10.8. The number of rotatable bonds is 3. The first-order valence-corrected chi connectivity index (χ1v) is 6.17. The van der Waals surface area contributed by atoms with Crippen LogP contribution in [0.25, 0.3) is 0 Å². The Kier molecular flexibility index (Phi) is 2.72. The minimum atomic E-state index is 0.449. The number of anilines is 1. The maximum atomic E-state index is 5.99. The van der Waals surface area contributed by atoms with Crippen LogP contribution in [0.15, 0.2) is 0 Å². The number of hydrogen-bond donors (Lipinski definition) is 1. The lowest BCUT2D eigenvalue weighted by Crippen LogP contribution is -2.11. The molecule has 1 saturated carbocycles. The van der Waals surface area contributed by atoms with Gasteiger partial charge in [-0.05, 0) is 48.8 Å². The highest BCUT2D eigenvalue weighted by Crippen LogP contribution is 2.37. The standard InChI is InChI=1S/C10H16IN3/c1-6(5-8-3-4-8)14-10(12)9(11)7(2)13-14/h6,8H,3-5,12H2,1-2H3. The van der Waals surface area contributed by atoms with Gasteiger partial charge in [-0.15, -0.1) is 0 Å². The molecule has 3 nitrogen and oxygen atoms in total. The number of aryl methyl sites for hydroxylation is 1.